The normalized spacial score (nSPS) is 10.0. The van der Waals surface area contributed by atoms with E-state index in [0.29, 0.717) is 20.4 Å². The third kappa shape index (κ3) is 2.49. The number of halogens is 3. The van der Waals surface area contributed by atoms with Gasteiger partial charge in [-0.1, -0.05) is 27.5 Å². The van der Waals surface area contributed by atoms with Crippen LogP contribution in [-0.4, -0.2) is 13.1 Å². The molecular weight excluding hydrogens is 335 g/mol. The van der Waals surface area contributed by atoms with Gasteiger partial charge >= 0.3 is 5.97 Å². The predicted molar refractivity (Wildman–Crippen MR) is 63.1 cm³/mol. The molecule has 2 nitrogen and oxygen atoms in total. The lowest BCUT2D eigenvalue weighted by molar-refractivity contribution is 0.0599. The number of carbonyl (C=O) groups excluding carboxylic acids is 1. The second kappa shape index (κ2) is 5.14. The van der Waals surface area contributed by atoms with Crippen LogP contribution in [0, 0.1) is 0 Å². The Hall–Kier alpha value is -0.0600. The molecule has 5 heteroatoms. The Morgan fingerprint density at radius 3 is 2.71 bits per heavy atom. The molecule has 0 atom stereocenters. The molecule has 0 aliphatic rings. The molecule has 1 rings (SSSR count). The Balaban J connectivity index is 3.32. The average Bonchev–Trinajstić information content (AvgIpc) is 2.15. The van der Waals surface area contributed by atoms with Gasteiger partial charge < -0.3 is 4.74 Å². The molecule has 0 unspecified atom stereocenters. The largest absolute Gasteiger partial charge is 0.465 e. The van der Waals surface area contributed by atoms with Gasteiger partial charge in [0.1, 0.15) is 0 Å². The average molecular weight is 342 g/mol. The van der Waals surface area contributed by atoms with Crippen LogP contribution >= 0.6 is 43.5 Å². The fraction of sp³-hybridized carbons (Fsp3) is 0.222. The van der Waals surface area contributed by atoms with Crippen molar-refractivity contribution in [1.29, 1.82) is 0 Å². The first-order chi connectivity index (χ1) is 6.60. The van der Waals surface area contributed by atoms with Crippen LogP contribution in [0.4, 0.5) is 0 Å². The third-order valence-electron chi connectivity index (χ3n) is 1.67. The van der Waals surface area contributed by atoms with Crippen molar-refractivity contribution in [2.45, 2.75) is 5.33 Å². The number of methoxy groups -OCH3 is 1. The van der Waals surface area contributed by atoms with E-state index >= 15 is 0 Å². The highest BCUT2D eigenvalue weighted by molar-refractivity contribution is 9.10. The summed E-state index contributed by atoms with van der Waals surface area (Å²) in [5.74, 6) is -0.372. The number of ether oxygens (including phenoxy) is 1. The number of hydrogen-bond acceptors (Lipinski definition) is 2. The van der Waals surface area contributed by atoms with E-state index in [9.17, 15) is 4.79 Å². The van der Waals surface area contributed by atoms with Gasteiger partial charge in [-0.2, -0.15) is 0 Å². The van der Waals surface area contributed by atoms with Gasteiger partial charge in [0.05, 0.1) is 12.7 Å². The second-order valence-corrected chi connectivity index (χ2v) is 4.40. The van der Waals surface area contributed by atoms with Gasteiger partial charge in [0.2, 0.25) is 0 Å². The van der Waals surface area contributed by atoms with Gasteiger partial charge in [0.15, 0.2) is 0 Å². The number of alkyl halides is 1. The van der Waals surface area contributed by atoms with Crippen molar-refractivity contribution in [2.75, 3.05) is 7.11 Å². The zero-order valence-corrected chi connectivity index (χ0v) is 11.2. The summed E-state index contributed by atoms with van der Waals surface area (Å²) in [4.78, 5) is 11.4. The van der Waals surface area contributed by atoms with Gasteiger partial charge in [0, 0.05) is 14.8 Å². The fourth-order valence-corrected chi connectivity index (χ4v) is 2.54. The van der Waals surface area contributed by atoms with Crippen LogP contribution in [0.25, 0.3) is 0 Å². The first-order valence-electron chi connectivity index (χ1n) is 3.72. The van der Waals surface area contributed by atoms with Crippen LogP contribution < -0.4 is 0 Å². The summed E-state index contributed by atoms with van der Waals surface area (Å²) in [6, 6.07) is 3.40. The maximum Gasteiger partial charge on any atom is 0.339 e. The summed E-state index contributed by atoms with van der Waals surface area (Å²) in [7, 11) is 1.35. The Morgan fingerprint density at radius 1 is 1.57 bits per heavy atom. The van der Waals surface area contributed by atoms with Gasteiger partial charge in [-0.25, -0.2) is 4.79 Å². The van der Waals surface area contributed by atoms with E-state index in [4.69, 9.17) is 11.6 Å². The Morgan fingerprint density at radius 2 is 2.21 bits per heavy atom. The molecular formula is C9H7Br2ClO2. The summed E-state index contributed by atoms with van der Waals surface area (Å²) in [6.07, 6.45) is 0. The fourth-order valence-electron chi connectivity index (χ4n) is 1.06. The van der Waals surface area contributed by atoms with Crippen molar-refractivity contribution in [3.05, 3.63) is 32.8 Å². The maximum absolute atomic E-state index is 11.4. The Bertz CT molecular complexity index is 366. The van der Waals surface area contributed by atoms with E-state index < -0.39 is 0 Å². The quantitative estimate of drug-likeness (QED) is 0.604. The lowest BCUT2D eigenvalue weighted by atomic mass is 10.1. The molecule has 0 radical (unpaired) electrons. The van der Waals surface area contributed by atoms with Crippen molar-refractivity contribution in [3.63, 3.8) is 0 Å². The number of carbonyl (C=O) groups is 1. The smallest absolute Gasteiger partial charge is 0.339 e. The molecule has 0 spiro atoms. The number of hydrogen-bond donors (Lipinski definition) is 0. The monoisotopic (exact) mass is 340 g/mol. The van der Waals surface area contributed by atoms with Crippen LogP contribution in [-0.2, 0) is 10.1 Å². The zero-order valence-electron chi connectivity index (χ0n) is 7.31. The molecule has 0 fully saturated rings. The van der Waals surface area contributed by atoms with Crippen molar-refractivity contribution in [1.82, 2.24) is 0 Å². The van der Waals surface area contributed by atoms with Crippen LogP contribution in [0.2, 0.25) is 5.02 Å². The van der Waals surface area contributed by atoms with E-state index in [0.717, 1.165) is 5.56 Å². The highest BCUT2D eigenvalue weighted by atomic mass is 79.9. The van der Waals surface area contributed by atoms with Crippen molar-refractivity contribution >= 4 is 49.4 Å². The molecule has 0 amide bonds. The zero-order chi connectivity index (χ0) is 10.7. The van der Waals surface area contributed by atoms with Gasteiger partial charge in [-0.15, -0.1) is 0 Å². The summed E-state index contributed by atoms with van der Waals surface area (Å²) in [5, 5.41) is 1.13. The van der Waals surface area contributed by atoms with Crippen molar-refractivity contribution in [2.24, 2.45) is 0 Å². The van der Waals surface area contributed by atoms with E-state index in [1.807, 2.05) is 0 Å². The maximum atomic E-state index is 11.4. The highest BCUT2D eigenvalue weighted by Crippen LogP contribution is 2.27. The summed E-state index contributed by atoms with van der Waals surface area (Å²) in [5.41, 5.74) is 1.31. The van der Waals surface area contributed by atoms with Crippen LogP contribution in [0.1, 0.15) is 15.9 Å². The van der Waals surface area contributed by atoms with Gasteiger partial charge in [-0.3, -0.25) is 0 Å². The minimum atomic E-state index is -0.372. The number of rotatable bonds is 2. The lowest BCUT2D eigenvalue weighted by Gasteiger charge is -2.08. The minimum Gasteiger partial charge on any atom is -0.465 e. The molecule has 14 heavy (non-hydrogen) atoms. The summed E-state index contributed by atoms with van der Waals surface area (Å²) >= 11 is 12.4. The lowest BCUT2D eigenvalue weighted by Crippen LogP contribution is -2.06. The molecule has 0 aliphatic heterocycles. The molecule has 0 saturated heterocycles. The molecule has 0 heterocycles. The van der Waals surface area contributed by atoms with E-state index in [1.54, 1.807) is 12.1 Å². The summed E-state index contributed by atoms with van der Waals surface area (Å²) < 4.78 is 5.31. The number of esters is 1. The molecule has 76 valence electrons. The van der Waals surface area contributed by atoms with Crippen LogP contribution in [0.3, 0.4) is 0 Å². The molecule has 0 N–H and O–H groups in total. The van der Waals surface area contributed by atoms with Crippen molar-refractivity contribution in [3.8, 4) is 0 Å². The second-order valence-electron chi connectivity index (χ2n) is 2.55. The standard InChI is InChI=1S/C9H7Br2ClO2/c1-14-9(13)8-5(4-10)2-6(12)3-7(8)11/h2-3H,4H2,1H3. The van der Waals surface area contributed by atoms with Gasteiger partial charge in [-0.05, 0) is 33.6 Å². The molecule has 0 aromatic heterocycles. The van der Waals surface area contributed by atoms with Crippen molar-refractivity contribution < 1.29 is 9.53 Å². The Labute approximate surface area is 104 Å². The Kier molecular flexibility index (Phi) is 4.41. The molecule has 1 aromatic carbocycles. The van der Waals surface area contributed by atoms with E-state index in [2.05, 4.69) is 36.6 Å². The topological polar surface area (TPSA) is 26.3 Å². The highest BCUT2D eigenvalue weighted by Gasteiger charge is 2.15. The first-order valence-corrected chi connectivity index (χ1v) is 6.01. The van der Waals surface area contributed by atoms with Crippen LogP contribution in [0.15, 0.2) is 16.6 Å². The first kappa shape index (κ1) is 12.0. The molecule has 0 bridgehead atoms. The third-order valence-corrected chi connectivity index (χ3v) is 3.12. The molecule has 1 aromatic rings. The van der Waals surface area contributed by atoms with E-state index in [1.165, 1.54) is 7.11 Å². The molecule has 0 saturated carbocycles. The van der Waals surface area contributed by atoms with E-state index in [-0.39, 0.29) is 5.97 Å². The predicted octanol–water partition coefficient (Wildman–Crippen LogP) is 3.78. The number of benzene rings is 1. The summed E-state index contributed by atoms with van der Waals surface area (Å²) in [6.45, 7) is 0. The SMILES string of the molecule is COC(=O)c1c(Br)cc(Cl)cc1CBr. The minimum absolute atomic E-state index is 0.372. The van der Waals surface area contributed by atoms with Crippen LogP contribution in [0.5, 0.6) is 0 Å². The molecule has 0 aliphatic carbocycles. The van der Waals surface area contributed by atoms with Gasteiger partial charge in [0.25, 0.3) is 0 Å².